The number of para-hydroxylation sites is 2. The minimum absolute atomic E-state index is 0.0269. The van der Waals surface area contributed by atoms with Crippen molar-refractivity contribution in [1.29, 1.82) is 0 Å². The molecule has 120 valence electrons. The van der Waals surface area contributed by atoms with Crippen LogP contribution < -0.4 is 4.72 Å². The molecular weight excluding hydrogens is 312 g/mol. The number of fused-ring (bicyclic) bond motifs is 1. The first-order valence-corrected chi connectivity index (χ1v) is 9.04. The zero-order chi connectivity index (χ0) is 16.3. The van der Waals surface area contributed by atoms with E-state index in [0.29, 0.717) is 17.9 Å². The predicted molar refractivity (Wildman–Crippen MR) is 89.5 cm³/mol. The highest BCUT2D eigenvalue weighted by Gasteiger charge is 2.12. The van der Waals surface area contributed by atoms with Crippen LogP contribution in [0.2, 0.25) is 0 Å². The normalized spacial score (nSPS) is 11.9. The topological polar surface area (TPSA) is 72.2 Å². The quantitative estimate of drug-likeness (QED) is 0.754. The lowest BCUT2D eigenvalue weighted by atomic mass is 10.2. The third kappa shape index (κ3) is 4.18. The van der Waals surface area contributed by atoms with Crippen LogP contribution in [0.15, 0.2) is 52.9 Å². The Morgan fingerprint density at radius 1 is 1.09 bits per heavy atom. The molecule has 0 saturated carbocycles. The maximum Gasteiger partial charge on any atom is 0.215 e. The summed E-state index contributed by atoms with van der Waals surface area (Å²) in [6.07, 6.45) is 0.418. The lowest BCUT2D eigenvalue weighted by Gasteiger charge is -2.06. The molecule has 1 aromatic heterocycles. The number of aryl methyl sites for hydroxylation is 1. The Kier molecular flexibility index (Phi) is 4.45. The average Bonchev–Trinajstić information content (AvgIpc) is 2.92. The summed E-state index contributed by atoms with van der Waals surface area (Å²) >= 11 is 0. The van der Waals surface area contributed by atoms with Crippen LogP contribution in [0.3, 0.4) is 0 Å². The Hall–Kier alpha value is -2.18. The Balaban J connectivity index is 1.57. The summed E-state index contributed by atoms with van der Waals surface area (Å²) < 4.78 is 32.3. The first-order chi connectivity index (χ1) is 11.0. The molecule has 6 heteroatoms. The minimum Gasteiger partial charge on any atom is -0.441 e. The molecule has 0 spiro atoms. The van der Waals surface area contributed by atoms with Gasteiger partial charge in [-0.05, 0) is 24.6 Å². The van der Waals surface area contributed by atoms with E-state index in [-0.39, 0.29) is 12.3 Å². The van der Waals surface area contributed by atoms with Crippen molar-refractivity contribution in [3.05, 3.63) is 65.5 Å². The van der Waals surface area contributed by atoms with Gasteiger partial charge in [0, 0.05) is 13.0 Å². The summed E-state index contributed by atoms with van der Waals surface area (Å²) in [4.78, 5) is 4.32. The molecule has 3 rings (SSSR count). The molecule has 2 aromatic carbocycles. The van der Waals surface area contributed by atoms with Gasteiger partial charge in [0.1, 0.15) is 5.52 Å². The van der Waals surface area contributed by atoms with Gasteiger partial charge in [0.2, 0.25) is 10.0 Å². The van der Waals surface area contributed by atoms with Gasteiger partial charge in [-0.25, -0.2) is 18.1 Å². The van der Waals surface area contributed by atoms with Crippen molar-refractivity contribution in [3.8, 4) is 0 Å². The fraction of sp³-hybridized carbons (Fsp3) is 0.235. The van der Waals surface area contributed by atoms with Gasteiger partial charge in [0.15, 0.2) is 11.5 Å². The second-order valence-corrected chi connectivity index (χ2v) is 7.27. The second kappa shape index (κ2) is 6.52. The number of aromatic nitrogens is 1. The van der Waals surface area contributed by atoms with E-state index in [4.69, 9.17) is 4.42 Å². The van der Waals surface area contributed by atoms with E-state index in [1.807, 2.05) is 55.5 Å². The number of nitrogens with one attached hydrogen (secondary N) is 1. The summed E-state index contributed by atoms with van der Waals surface area (Å²) in [5.74, 6) is 0.505. The Labute approximate surface area is 135 Å². The molecule has 1 N–H and O–H groups in total. The van der Waals surface area contributed by atoms with Gasteiger partial charge in [0.05, 0.1) is 5.75 Å². The zero-order valence-corrected chi connectivity index (χ0v) is 13.6. The van der Waals surface area contributed by atoms with Crippen LogP contribution >= 0.6 is 0 Å². The lowest BCUT2D eigenvalue weighted by Crippen LogP contribution is -2.27. The van der Waals surface area contributed by atoms with Crippen molar-refractivity contribution in [2.75, 3.05) is 6.54 Å². The van der Waals surface area contributed by atoms with E-state index in [1.165, 1.54) is 0 Å². The van der Waals surface area contributed by atoms with Gasteiger partial charge < -0.3 is 4.42 Å². The maximum atomic E-state index is 12.1. The predicted octanol–water partition coefficient (Wildman–Crippen LogP) is 2.80. The standard InChI is InChI=1S/C17H18N2O3S/c1-13-6-8-14(9-7-13)12-23(20,21)18-11-10-17-19-15-4-2-3-5-16(15)22-17/h2-9,18H,10-12H2,1H3. The summed E-state index contributed by atoms with van der Waals surface area (Å²) in [6.45, 7) is 2.23. The van der Waals surface area contributed by atoms with Gasteiger partial charge in [-0.15, -0.1) is 0 Å². The minimum atomic E-state index is -3.37. The van der Waals surface area contributed by atoms with E-state index in [1.54, 1.807) is 0 Å². The fourth-order valence-electron chi connectivity index (χ4n) is 2.30. The maximum absolute atomic E-state index is 12.1. The zero-order valence-electron chi connectivity index (χ0n) is 12.8. The van der Waals surface area contributed by atoms with Gasteiger partial charge in [0.25, 0.3) is 0 Å². The molecule has 3 aromatic rings. The highest BCUT2D eigenvalue weighted by Crippen LogP contribution is 2.14. The van der Waals surface area contributed by atoms with Crippen LogP contribution in [0.25, 0.3) is 11.1 Å². The van der Waals surface area contributed by atoms with Crippen molar-refractivity contribution < 1.29 is 12.8 Å². The largest absolute Gasteiger partial charge is 0.441 e. The Bertz CT molecular complexity index is 866. The number of hydrogen-bond donors (Lipinski definition) is 1. The molecule has 5 nitrogen and oxygen atoms in total. The van der Waals surface area contributed by atoms with Crippen LogP contribution in [-0.4, -0.2) is 19.9 Å². The number of oxazole rings is 1. The van der Waals surface area contributed by atoms with E-state index in [9.17, 15) is 8.42 Å². The fourth-order valence-corrected chi connectivity index (χ4v) is 3.44. The molecule has 0 saturated heterocycles. The van der Waals surface area contributed by atoms with Crippen molar-refractivity contribution >= 4 is 21.1 Å². The van der Waals surface area contributed by atoms with Crippen LogP contribution in [0.5, 0.6) is 0 Å². The van der Waals surface area contributed by atoms with Crippen LogP contribution in [0.4, 0.5) is 0 Å². The molecule has 23 heavy (non-hydrogen) atoms. The molecule has 1 heterocycles. The number of nitrogens with zero attached hydrogens (tertiary/aromatic N) is 1. The first kappa shape index (κ1) is 15.7. The third-order valence-corrected chi connectivity index (χ3v) is 4.83. The molecule has 0 bridgehead atoms. The molecule has 0 radical (unpaired) electrons. The number of hydrogen-bond acceptors (Lipinski definition) is 4. The smallest absolute Gasteiger partial charge is 0.215 e. The van der Waals surface area contributed by atoms with Crippen LogP contribution in [0.1, 0.15) is 17.0 Å². The molecular formula is C17H18N2O3S. The molecule has 0 aliphatic heterocycles. The van der Waals surface area contributed by atoms with Crippen LogP contribution in [-0.2, 0) is 22.2 Å². The molecule has 0 atom stereocenters. The Morgan fingerprint density at radius 3 is 2.57 bits per heavy atom. The summed E-state index contributed by atoms with van der Waals surface area (Å²) in [5, 5.41) is 0. The van der Waals surface area contributed by atoms with Crippen molar-refractivity contribution in [2.45, 2.75) is 19.1 Å². The summed E-state index contributed by atoms with van der Waals surface area (Å²) in [7, 11) is -3.37. The monoisotopic (exact) mass is 330 g/mol. The van der Waals surface area contributed by atoms with Crippen molar-refractivity contribution in [1.82, 2.24) is 9.71 Å². The van der Waals surface area contributed by atoms with Gasteiger partial charge in [-0.1, -0.05) is 42.0 Å². The van der Waals surface area contributed by atoms with E-state index in [0.717, 1.165) is 16.6 Å². The van der Waals surface area contributed by atoms with Gasteiger partial charge in [-0.2, -0.15) is 0 Å². The lowest BCUT2D eigenvalue weighted by molar-refractivity contribution is 0.523. The van der Waals surface area contributed by atoms with E-state index < -0.39 is 10.0 Å². The van der Waals surface area contributed by atoms with Gasteiger partial charge >= 0.3 is 0 Å². The molecule has 0 aliphatic rings. The Morgan fingerprint density at radius 2 is 1.83 bits per heavy atom. The van der Waals surface area contributed by atoms with E-state index in [2.05, 4.69) is 9.71 Å². The second-order valence-electron chi connectivity index (χ2n) is 5.46. The molecule has 0 unspecified atom stereocenters. The van der Waals surface area contributed by atoms with Crippen molar-refractivity contribution in [3.63, 3.8) is 0 Å². The number of rotatable bonds is 6. The molecule has 0 fully saturated rings. The molecule has 0 amide bonds. The number of sulfonamides is 1. The van der Waals surface area contributed by atoms with Crippen LogP contribution in [0, 0.1) is 6.92 Å². The van der Waals surface area contributed by atoms with Crippen molar-refractivity contribution in [2.24, 2.45) is 0 Å². The van der Waals surface area contributed by atoms with Gasteiger partial charge in [-0.3, -0.25) is 0 Å². The highest BCUT2D eigenvalue weighted by atomic mass is 32.2. The number of benzene rings is 2. The average molecular weight is 330 g/mol. The van der Waals surface area contributed by atoms with E-state index >= 15 is 0 Å². The SMILES string of the molecule is Cc1ccc(CS(=O)(=O)NCCc2nc3ccccc3o2)cc1. The summed E-state index contributed by atoms with van der Waals surface area (Å²) in [5.41, 5.74) is 3.37. The third-order valence-electron chi connectivity index (χ3n) is 3.48. The highest BCUT2D eigenvalue weighted by molar-refractivity contribution is 7.88. The molecule has 0 aliphatic carbocycles. The first-order valence-electron chi connectivity index (χ1n) is 7.39. The summed E-state index contributed by atoms with van der Waals surface area (Å²) in [6, 6.07) is 14.9.